The number of thiophene rings is 1. The number of hydrogen-bond acceptors (Lipinski definition) is 5. The highest BCUT2D eigenvalue weighted by molar-refractivity contribution is 7.10. The smallest absolute Gasteiger partial charge is 0.328 e. The van der Waals surface area contributed by atoms with Gasteiger partial charge in [0.2, 0.25) is 0 Å². The lowest BCUT2D eigenvalue weighted by molar-refractivity contribution is -0.131. The highest BCUT2D eigenvalue weighted by atomic mass is 32.1. The van der Waals surface area contributed by atoms with Gasteiger partial charge in [0, 0.05) is 29.4 Å². The van der Waals surface area contributed by atoms with E-state index in [1.807, 2.05) is 29.4 Å². The second-order valence-electron chi connectivity index (χ2n) is 4.17. The number of carboxylic acid groups (broad SMARTS) is 1. The van der Waals surface area contributed by atoms with Crippen LogP contribution in [-0.2, 0) is 17.9 Å². The lowest BCUT2D eigenvalue weighted by atomic mass is 10.3. The molecule has 0 bridgehead atoms. The van der Waals surface area contributed by atoms with Crippen LogP contribution in [0.25, 0.3) is 6.08 Å². The molecule has 0 aliphatic rings. The lowest BCUT2D eigenvalue weighted by Gasteiger charge is -2.13. The van der Waals surface area contributed by atoms with Crippen LogP contribution < -0.4 is 0 Å². The van der Waals surface area contributed by atoms with E-state index in [0.717, 1.165) is 30.4 Å². The molecule has 0 aromatic carbocycles. The quantitative estimate of drug-likeness (QED) is 0.832. The number of carboxylic acids is 1. The van der Waals surface area contributed by atoms with Crippen LogP contribution in [0.15, 0.2) is 28.4 Å². The van der Waals surface area contributed by atoms with E-state index < -0.39 is 5.97 Å². The van der Waals surface area contributed by atoms with E-state index in [4.69, 9.17) is 5.11 Å². The number of nitrogens with zero attached hydrogens (tertiary/aromatic N) is 2. The van der Waals surface area contributed by atoms with Crippen LogP contribution in [0.5, 0.6) is 0 Å². The number of rotatable bonds is 6. The summed E-state index contributed by atoms with van der Waals surface area (Å²) in [6, 6.07) is 2.02. The summed E-state index contributed by atoms with van der Waals surface area (Å²) in [7, 11) is 2.05. The van der Waals surface area contributed by atoms with E-state index in [-0.39, 0.29) is 0 Å². The molecule has 0 atom stereocenters. The highest BCUT2D eigenvalue weighted by Crippen LogP contribution is 2.18. The van der Waals surface area contributed by atoms with Gasteiger partial charge < -0.3 is 5.11 Å². The second kappa shape index (κ2) is 6.60. The van der Waals surface area contributed by atoms with Gasteiger partial charge in [-0.25, -0.2) is 9.78 Å². The summed E-state index contributed by atoms with van der Waals surface area (Å²) in [6.07, 6.45) is 2.77. The van der Waals surface area contributed by atoms with E-state index in [1.165, 1.54) is 4.88 Å². The van der Waals surface area contributed by atoms with Crippen molar-refractivity contribution in [2.75, 3.05) is 7.05 Å². The molecule has 2 aromatic heterocycles. The van der Waals surface area contributed by atoms with Gasteiger partial charge in [-0.1, -0.05) is 0 Å². The Balaban J connectivity index is 1.90. The van der Waals surface area contributed by atoms with Crippen LogP contribution >= 0.6 is 22.7 Å². The first-order valence-corrected chi connectivity index (χ1v) is 7.50. The molecule has 100 valence electrons. The number of thiazole rings is 1. The topological polar surface area (TPSA) is 53.4 Å². The van der Waals surface area contributed by atoms with Gasteiger partial charge in [0.25, 0.3) is 0 Å². The summed E-state index contributed by atoms with van der Waals surface area (Å²) in [5.74, 6) is -0.923. The molecular formula is C13H14N2O2S2. The van der Waals surface area contributed by atoms with Crippen LogP contribution in [0, 0.1) is 0 Å². The normalized spacial score (nSPS) is 11.5. The summed E-state index contributed by atoms with van der Waals surface area (Å²) in [5.41, 5.74) is 3.85. The van der Waals surface area contributed by atoms with E-state index in [9.17, 15) is 4.79 Å². The fourth-order valence-electron chi connectivity index (χ4n) is 1.65. The Bertz CT molecular complexity index is 561. The third-order valence-corrected chi connectivity index (χ3v) is 4.01. The minimum Gasteiger partial charge on any atom is -0.478 e. The molecule has 1 N–H and O–H groups in total. The maximum atomic E-state index is 10.4. The molecule has 0 aliphatic carbocycles. The molecule has 0 unspecified atom stereocenters. The third-order valence-electron chi connectivity index (χ3n) is 2.43. The van der Waals surface area contributed by atoms with Crippen molar-refractivity contribution in [3.8, 4) is 0 Å². The monoisotopic (exact) mass is 294 g/mol. The van der Waals surface area contributed by atoms with Crippen LogP contribution in [0.3, 0.4) is 0 Å². The van der Waals surface area contributed by atoms with Crippen molar-refractivity contribution in [2.45, 2.75) is 13.1 Å². The van der Waals surface area contributed by atoms with E-state index >= 15 is 0 Å². The Morgan fingerprint density at radius 2 is 2.32 bits per heavy atom. The predicted molar refractivity (Wildman–Crippen MR) is 78.3 cm³/mol. The van der Waals surface area contributed by atoms with Crippen molar-refractivity contribution < 1.29 is 9.90 Å². The average molecular weight is 294 g/mol. The second-order valence-corrected chi connectivity index (χ2v) is 5.88. The summed E-state index contributed by atoms with van der Waals surface area (Å²) in [4.78, 5) is 18.1. The molecule has 0 spiro atoms. The van der Waals surface area contributed by atoms with Crippen LogP contribution in [-0.4, -0.2) is 28.0 Å². The zero-order valence-corrected chi connectivity index (χ0v) is 12.1. The molecule has 0 aliphatic heterocycles. The minimum absolute atomic E-state index is 0.821. The standard InChI is InChI=1S/C13H14N2O2S2/c1-15(5-11-8-18-9-14-11)6-12-4-10(7-19-12)2-3-13(16)17/h2-4,7-9H,5-6H2,1H3,(H,16,17). The first kappa shape index (κ1) is 13.9. The highest BCUT2D eigenvalue weighted by Gasteiger charge is 2.05. The summed E-state index contributed by atoms with van der Waals surface area (Å²) >= 11 is 3.24. The van der Waals surface area contributed by atoms with Gasteiger partial charge in [-0.2, -0.15) is 0 Å². The molecule has 0 amide bonds. The largest absolute Gasteiger partial charge is 0.478 e. The van der Waals surface area contributed by atoms with E-state index in [1.54, 1.807) is 28.7 Å². The van der Waals surface area contributed by atoms with Gasteiger partial charge in [0.15, 0.2) is 0 Å². The van der Waals surface area contributed by atoms with Crippen molar-refractivity contribution >= 4 is 34.7 Å². The van der Waals surface area contributed by atoms with Gasteiger partial charge in [0.1, 0.15) is 0 Å². The Hall–Kier alpha value is -1.50. The fraction of sp³-hybridized carbons (Fsp3) is 0.231. The van der Waals surface area contributed by atoms with E-state index in [0.29, 0.717) is 0 Å². The zero-order chi connectivity index (χ0) is 13.7. The van der Waals surface area contributed by atoms with E-state index in [2.05, 4.69) is 9.88 Å². The molecule has 6 heteroatoms. The van der Waals surface area contributed by atoms with Crippen molar-refractivity contribution in [1.82, 2.24) is 9.88 Å². The number of aromatic nitrogens is 1. The van der Waals surface area contributed by atoms with Gasteiger partial charge in [-0.3, -0.25) is 4.90 Å². The molecule has 4 nitrogen and oxygen atoms in total. The molecule has 0 radical (unpaired) electrons. The Morgan fingerprint density at radius 3 is 3.00 bits per heavy atom. The first-order chi connectivity index (χ1) is 9.13. The maximum absolute atomic E-state index is 10.4. The van der Waals surface area contributed by atoms with Crippen molar-refractivity contribution in [1.29, 1.82) is 0 Å². The predicted octanol–water partition coefficient (Wildman–Crippen LogP) is 2.93. The summed E-state index contributed by atoms with van der Waals surface area (Å²) < 4.78 is 0. The molecule has 0 saturated carbocycles. The van der Waals surface area contributed by atoms with Gasteiger partial charge in [-0.15, -0.1) is 22.7 Å². The summed E-state index contributed by atoms with van der Waals surface area (Å²) in [6.45, 7) is 1.66. The minimum atomic E-state index is -0.923. The molecule has 0 saturated heterocycles. The fourth-order valence-corrected chi connectivity index (χ4v) is 3.13. The molecule has 19 heavy (non-hydrogen) atoms. The Kier molecular flexibility index (Phi) is 4.84. The zero-order valence-electron chi connectivity index (χ0n) is 10.4. The van der Waals surface area contributed by atoms with Crippen molar-refractivity contribution in [3.63, 3.8) is 0 Å². The maximum Gasteiger partial charge on any atom is 0.328 e. The Morgan fingerprint density at radius 1 is 1.47 bits per heavy atom. The molecule has 2 rings (SSSR count). The third kappa shape index (κ3) is 4.59. The lowest BCUT2D eigenvalue weighted by Crippen LogP contribution is -2.16. The summed E-state index contributed by atoms with van der Waals surface area (Å²) in [5, 5.41) is 12.6. The first-order valence-electron chi connectivity index (χ1n) is 5.67. The van der Waals surface area contributed by atoms with Gasteiger partial charge in [0.05, 0.1) is 11.2 Å². The van der Waals surface area contributed by atoms with Crippen molar-refractivity contribution in [3.05, 3.63) is 44.5 Å². The number of hydrogen-bond donors (Lipinski definition) is 1. The molecule has 0 fully saturated rings. The van der Waals surface area contributed by atoms with Gasteiger partial charge in [-0.05, 0) is 30.1 Å². The van der Waals surface area contributed by atoms with Crippen LogP contribution in [0.4, 0.5) is 0 Å². The average Bonchev–Trinajstić information content (AvgIpc) is 2.98. The Labute approximate surface area is 119 Å². The van der Waals surface area contributed by atoms with Crippen LogP contribution in [0.2, 0.25) is 0 Å². The van der Waals surface area contributed by atoms with Gasteiger partial charge >= 0.3 is 5.97 Å². The van der Waals surface area contributed by atoms with Crippen LogP contribution in [0.1, 0.15) is 16.1 Å². The molecule has 2 aromatic rings. The molecular weight excluding hydrogens is 280 g/mol. The number of aliphatic carboxylic acids is 1. The molecule has 2 heterocycles. The van der Waals surface area contributed by atoms with Crippen molar-refractivity contribution in [2.24, 2.45) is 0 Å². The SMILES string of the molecule is CN(Cc1cscn1)Cc1cc(C=CC(=O)O)cs1. The number of carbonyl (C=O) groups is 1.